The third kappa shape index (κ3) is 7.06. The van der Waals surface area contributed by atoms with Crippen molar-refractivity contribution in [3.63, 3.8) is 0 Å². The smallest absolute Gasteiger partial charge is 0.319 e. The van der Waals surface area contributed by atoms with Gasteiger partial charge in [-0.1, -0.05) is 24.3 Å². The lowest BCUT2D eigenvalue weighted by Crippen LogP contribution is -2.28. The van der Waals surface area contributed by atoms with E-state index in [1.54, 1.807) is 30.5 Å². The quantitative estimate of drug-likeness (QED) is 0.244. The van der Waals surface area contributed by atoms with E-state index in [0.717, 1.165) is 22.0 Å². The average molecular weight is 592 g/mol. The Morgan fingerprint density at radius 3 is 2.26 bits per heavy atom. The van der Waals surface area contributed by atoms with Gasteiger partial charge in [0.1, 0.15) is 11.6 Å². The third-order valence-corrected chi connectivity index (χ3v) is 6.09. The zero-order chi connectivity index (χ0) is 24.7. The summed E-state index contributed by atoms with van der Waals surface area (Å²) in [6.07, 6.45) is 1.78. The average Bonchev–Trinajstić information content (AvgIpc) is 2.82. The first kappa shape index (κ1) is 25.7. The van der Waals surface area contributed by atoms with E-state index >= 15 is 0 Å². The number of nitrogens with two attached hydrogens (primary N) is 1. The van der Waals surface area contributed by atoms with E-state index in [1.807, 2.05) is 31.2 Å². The van der Waals surface area contributed by atoms with Crippen molar-refractivity contribution in [3.05, 3.63) is 104 Å². The number of carbonyl (C=O) groups excluding carboxylic acids is 1. The Balaban J connectivity index is 0.000000271. The maximum atomic E-state index is 13.5. The van der Waals surface area contributed by atoms with Gasteiger partial charge in [-0.15, -0.1) is 0 Å². The largest absolute Gasteiger partial charge is 0.334 e. The topological polar surface area (TPSA) is 80.0 Å². The Morgan fingerprint density at radius 2 is 1.62 bits per heavy atom. The molecule has 0 aliphatic carbocycles. The first-order valence-electron chi connectivity index (χ1n) is 10.2. The lowest BCUT2D eigenvalue weighted by Gasteiger charge is -2.11. The second-order valence-corrected chi connectivity index (χ2v) is 9.07. The number of nitrogens with one attached hydrogen (secondary N) is 2. The molecule has 34 heavy (non-hydrogen) atoms. The van der Waals surface area contributed by atoms with Crippen LogP contribution in [-0.4, -0.2) is 11.0 Å². The molecular formula is C25H22Br2F2N4O. The van der Waals surface area contributed by atoms with Gasteiger partial charge in [0.05, 0.1) is 14.6 Å². The number of halogens is 4. The number of carbonyl (C=O) groups is 1. The SMILES string of the molecule is Cc1cc2c(NC(=O)NCc3ccc(Br)c(F)c3)cccc2cn1.NCc1ccc(Br)c(F)c1. The first-order chi connectivity index (χ1) is 16.3. The number of amides is 2. The number of rotatable bonds is 4. The van der Waals surface area contributed by atoms with Crippen LogP contribution in [0.2, 0.25) is 0 Å². The molecule has 0 saturated carbocycles. The van der Waals surface area contributed by atoms with Crippen molar-refractivity contribution in [2.45, 2.75) is 20.0 Å². The van der Waals surface area contributed by atoms with Gasteiger partial charge in [0, 0.05) is 35.8 Å². The maximum absolute atomic E-state index is 13.5. The molecule has 4 N–H and O–H groups in total. The van der Waals surface area contributed by atoms with Crippen LogP contribution in [0.3, 0.4) is 0 Å². The van der Waals surface area contributed by atoms with Gasteiger partial charge in [-0.05, 0) is 86.3 Å². The van der Waals surface area contributed by atoms with Crippen molar-refractivity contribution in [1.29, 1.82) is 0 Å². The van der Waals surface area contributed by atoms with Crippen LogP contribution < -0.4 is 16.4 Å². The molecule has 1 heterocycles. The Kier molecular flexibility index (Phi) is 9.09. The van der Waals surface area contributed by atoms with Crippen LogP contribution in [0.5, 0.6) is 0 Å². The second-order valence-electron chi connectivity index (χ2n) is 7.36. The fourth-order valence-corrected chi connectivity index (χ4v) is 3.54. The molecule has 5 nitrogen and oxygen atoms in total. The van der Waals surface area contributed by atoms with Crippen molar-refractivity contribution in [1.82, 2.24) is 10.3 Å². The summed E-state index contributed by atoms with van der Waals surface area (Å²) in [7, 11) is 0. The number of fused-ring (bicyclic) bond motifs is 1. The maximum Gasteiger partial charge on any atom is 0.319 e. The Labute approximate surface area is 213 Å². The van der Waals surface area contributed by atoms with Crippen molar-refractivity contribution in [3.8, 4) is 0 Å². The van der Waals surface area contributed by atoms with Crippen LogP contribution in [0.15, 0.2) is 75.8 Å². The molecule has 0 unspecified atom stereocenters. The summed E-state index contributed by atoms with van der Waals surface area (Å²) in [5.41, 5.74) is 8.36. The van der Waals surface area contributed by atoms with Crippen LogP contribution in [0.4, 0.5) is 19.3 Å². The van der Waals surface area contributed by atoms with E-state index in [4.69, 9.17) is 5.73 Å². The van der Waals surface area contributed by atoms with Crippen LogP contribution in [0.25, 0.3) is 10.8 Å². The molecule has 0 fully saturated rings. The van der Waals surface area contributed by atoms with Crippen LogP contribution in [-0.2, 0) is 13.1 Å². The predicted octanol–water partition coefficient (Wildman–Crippen LogP) is 6.81. The third-order valence-electron chi connectivity index (χ3n) is 4.81. The van der Waals surface area contributed by atoms with Gasteiger partial charge in [0.2, 0.25) is 0 Å². The Hall–Kier alpha value is -2.88. The molecule has 0 saturated heterocycles. The van der Waals surface area contributed by atoms with E-state index in [9.17, 15) is 13.6 Å². The summed E-state index contributed by atoms with van der Waals surface area (Å²) >= 11 is 6.15. The minimum absolute atomic E-state index is 0.237. The highest BCUT2D eigenvalue weighted by molar-refractivity contribution is 9.10. The lowest BCUT2D eigenvalue weighted by molar-refractivity contribution is 0.251. The van der Waals surface area contributed by atoms with Crippen molar-refractivity contribution in [2.24, 2.45) is 5.73 Å². The number of urea groups is 1. The summed E-state index contributed by atoms with van der Waals surface area (Å²) in [5, 5.41) is 7.43. The number of pyridine rings is 1. The van der Waals surface area contributed by atoms with Crippen molar-refractivity contribution in [2.75, 3.05) is 5.32 Å². The highest BCUT2D eigenvalue weighted by atomic mass is 79.9. The van der Waals surface area contributed by atoms with Crippen molar-refractivity contribution >= 4 is 54.4 Å². The highest BCUT2D eigenvalue weighted by Crippen LogP contribution is 2.23. The van der Waals surface area contributed by atoms with Gasteiger partial charge in [-0.2, -0.15) is 0 Å². The molecule has 3 aromatic carbocycles. The molecule has 0 radical (unpaired) electrons. The van der Waals surface area contributed by atoms with E-state index in [1.165, 1.54) is 12.1 Å². The molecule has 0 aliphatic heterocycles. The summed E-state index contributed by atoms with van der Waals surface area (Å²) in [6.45, 7) is 2.52. The molecule has 4 aromatic rings. The van der Waals surface area contributed by atoms with Gasteiger partial charge in [-0.25, -0.2) is 13.6 Å². The molecule has 1 aromatic heterocycles. The number of benzene rings is 3. The molecule has 4 rings (SSSR count). The standard InChI is InChI=1S/C18H15BrFN3O.C7H7BrFN/c1-11-7-14-13(10-21-11)3-2-4-17(14)23-18(24)22-9-12-5-6-15(19)16(20)8-12;8-6-2-1-5(4-10)3-7(6)9/h2-8,10H,9H2,1H3,(H2,22,23,24);1-3H,4,10H2. The highest BCUT2D eigenvalue weighted by Gasteiger charge is 2.07. The van der Waals surface area contributed by atoms with Gasteiger partial charge in [0.15, 0.2) is 0 Å². The minimum Gasteiger partial charge on any atom is -0.334 e. The number of anilines is 1. The van der Waals surface area contributed by atoms with Crippen LogP contribution in [0.1, 0.15) is 16.8 Å². The number of aryl methyl sites for hydroxylation is 1. The molecule has 0 aliphatic rings. The second kappa shape index (κ2) is 12.0. The van der Waals surface area contributed by atoms with E-state index in [0.29, 0.717) is 26.7 Å². The molecular weight excluding hydrogens is 570 g/mol. The zero-order valence-electron chi connectivity index (χ0n) is 18.2. The number of aromatic nitrogens is 1. The minimum atomic E-state index is -0.355. The zero-order valence-corrected chi connectivity index (χ0v) is 21.4. The molecule has 0 bridgehead atoms. The van der Waals surface area contributed by atoms with E-state index in [-0.39, 0.29) is 24.2 Å². The van der Waals surface area contributed by atoms with Gasteiger partial charge in [0.25, 0.3) is 0 Å². The fraction of sp³-hybridized carbons (Fsp3) is 0.120. The molecule has 0 atom stereocenters. The monoisotopic (exact) mass is 590 g/mol. The predicted molar refractivity (Wildman–Crippen MR) is 138 cm³/mol. The molecule has 2 amide bonds. The number of hydrogen-bond donors (Lipinski definition) is 3. The number of hydrogen-bond acceptors (Lipinski definition) is 3. The lowest BCUT2D eigenvalue weighted by atomic mass is 10.1. The summed E-state index contributed by atoms with van der Waals surface area (Å²) in [6, 6.07) is 16.8. The van der Waals surface area contributed by atoms with Crippen LogP contribution in [0, 0.1) is 18.6 Å². The van der Waals surface area contributed by atoms with Gasteiger partial charge < -0.3 is 16.4 Å². The normalized spacial score (nSPS) is 10.4. The summed E-state index contributed by atoms with van der Waals surface area (Å²) < 4.78 is 27.0. The van der Waals surface area contributed by atoms with E-state index in [2.05, 4.69) is 47.5 Å². The van der Waals surface area contributed by atoms with Crippen LogP contribution >= 0.6 is 31.9 Å². The fourth-order valence-electron chi connectivity index (χ4n) is 3.05. The Morgan fingerprint density at radius 1 is 0.971 bits per heavy atom. The molecule has 176 valence electrons. The first-order valence-corrected chi connectivity index (χ1v) is 11.8. The molecule has 0 spiro atoms. The molecule has 9 heteroatoms. The Bertz CT molecular complexity index is 1320. The van der Waals surface area contributed by atoms with Gasteiger partial charge in [-0.3, -0.25) is 4.98 Å². The summed E-state index contributed by atoms with van der Waals surface area (Å²) in [4.78, 5) is 16.4. The van der Waals surface area contributed by atoms with E-state index < -0.39 is 0 Å². The van der Waals surface area contributed by atoms with Crippen molar-refractivity contribution < 1.29 is 13.6 Å². The van der Waals surface area contributed by atoms with Gasteiger partial charge >= 0.3 is 6.03 Å². The number of nitrogens with zero attached hydrogens (tertiary/aromatic N) is 1. The summed E-state index contributed by atoms with van der Waals surface area (Å²) in [5.74, 6) is -0.616.